The molecule has 24 heavy (non-hydrogen) atoms. The molecular weight excluding hydrogens is 343 g/mol. The lowest BCUT2D eigenvalue weighted by Gasteiger charge is -2.30. The van der Waals surface area contributed by atoms with E-state index >= 15 is 0 Å². The van der Waals surface area contributed by atoms with Crippen molar-refractivity contribution < 1.29 is 0 Å². The molecule has 1 fully saturated rings. The Hall–Kier alpha value is -1.23. The second-order valence-electron chi connectivity index (χ2n) is 6.61. The van der Waals surface area contributed by atoms with Crippen LogP contribution >= 0.6 is 23.2 Å². The SMILES string of the molecule is CCN1CCC(c2nn(-c3cc(Cl)ccc3Cl)c3c2CCN3)CC1. The van der Waals surface area contributed by atoms with Crippen molar-refractivity contribution in [1.29, 1.82) is 0 Å². The number of nitrogens with zero attached hydrogens (tertiary/aromatic N) is 3. The standard InChI is InChI=1S/C18H22Cl2N4/c1-2-23-9-6-12(7-10-23)17-14-5-8-21-18(14)24(22-17)16-11-13(19)3-4-15(16)20/h3-4,11-12,21H,2,5-10H2,1H3. The normalized spacial score (nSPS) is 18.6. The molecule has 0 unspecified atom stereocenters. The van der Waals surface area contributed by atoms with Gasteiger partial charge in [-0.2, -0.15) is 5.10 Å². The molecule has 2 aromatic rings. The Balaban J connectivity index is 1.72. The van der Waals surface area contributed by atoms with E-state index in [-0.39, 0.29) is 0 Å². The van der Waals surface area contributed by atoms with Crippen molar-refractivity contribution in [2.45, 2.75) is 32.1 Å². The largest absolute Gasteiger partial charge is 0.369 e. The molecule has 1 N–H and O–H groups in total. The highest BCUT2D eigenvalue weighted by molar-refractivity contribution is 6.34. The molecule has 0 spiro atoms. The Kier molecular flexibility index (Phi) is 4.46. The van der Waals surface area contributed by atoms with E-state index < -0.39 is 0 Å². The van der Waals surface area contributed by atoms with Crippen molar-refractivity contribution in [2.75, 3.05) is 31.5 Å². The lowest BCUT2D eigenvalue weighted by molar-refractivity contribution is 0.220. The zero-order valence-electron chi connectivity index (χ0n) is 13.9. The smallest absolute Gasteiger partial charge is 0.133 e. The second-order valence-corrected chi connectivity index (χ2v) is 7.45. The number of fused-ring (bicyclic) bond motifs is 1. The fourth-order valence-electron chi connectivity index (χ4n) is 3.87. The number of nitrogens with one attached hydrogen (secondary N) is 1. The van der Waals surface area contributed by atoms with Gasteiger partial charge in [-0.15, -0.1) is 0 Å². The van der Waals surface area contributed by atoms with Gasteiger partial charge in [0, 0.05) is 23.0 Å². The van der Waals surface area contributed by atoms with Crippen LogP contribution in [0.3, 0.4) is 0 Å². The fourth-order valence-corrected chi connectivity index (χ4v) is 4.24. The number of halogens is 2. The van der Waals surface area contributed by atoms with Crippen LogP contribution in [-0.2, 0) is 6.42 Å². The van der Waals surface area contributed by atoms with E-state index in [0.717, 1.165) is 44.1 Å². The molecule has 0 aliphatic carbocycles. The van der Waals surface area contributed by atoms with Crippen molar-refractivity contribution in [3.05, 3.63) is 39.5 Å². The van der Waals surface area contributed by atoms with E-state index in [1.54, 1.807) is 0 Å². The molecule has 4 nitrogen and oxygen atoms in total. The van der Waals surface area contributed by atoms with Gasteiger partial charge < -0.3 is 10.2 Å². The van der Waals surface area contributed by atoms with Crippen LogP contribution in [-0.4, -0.2) is 40.9 Å². The molecule has 1 aromatic heterocycles. The average Bonchev–Trinajstić information content (AvgIpc) is 3.20. The summed E-state index contributed by atoms with van der Waals surface area (Å²) in [5.41, 5.74) is 3.47. The first-order chi connectivity index (χ1) is 11.7. The van der Waals surface area contributed by atoms with Gasteiger partial charge in [-0.3, -0.25) is 0 Å². The summed E-state index contributed by atoms with van der Waals surface area (Å²) in [6, 6.07) is 5.54. The number of anilines is 1. The minimum atomic E-state index is 0.542. The lowest BCUT2D eigenvalue weighted by atomic mass is 9.91. The van der Waals surface area contributed by atoms with E-state index in [1.807, 2.05) is 22.9 Å². The van der Waals surface area contributed by atoms with E-state index in [1.165, 1.54) is 24.1 Å². The molecule has 2 aliphatic heterocycles. The van der Waals surface area contributed by atoms with Gasteiger partial charge in [0.15, 0.2) is 0 Å². The van der Waals surface area contributed by atoms with E-state index in [9.17, 15) is 0 Å². The molecule has 4 rings (SSSR count). The average molecular weight is 365 g/mol. The van der Waals surface area contributed by atoms with Gasteiger partial charge in [0.05, 0.1) is 16.4 Å². The molecule has 2 aliphatic rings. The molecule has 1 aromatic carbocycles. The van der Waals surface area contributed by atoms with Gasteiger partial charge in [0.25, 0.3) is 0 Å². The van der Waals surface area contributed by atoms with E-state index in [0.29, 0.717) is 16.0 Å². The first-order valence-corrected chi connectivity index (χ1v) is 9.46. The van der Waals surface area contributed by atoms with Crippen LogP contribution in [0.15, 0.2) is 18.2 Å². The van der Waals surface area contributed by atoms with Crippen LogP contribution in [0.5, 0.6) is 0 Å². The Morgan fingerprint density at radius 1 is 1.25 bits per heavy atom. The van der Waals surface area contributed by atoms with Crippen molar-refractivity contribution >= 4 is 29.0 Å². The molecule has 0 amide bonds. The van der Waals surface area contributed by atoms with Crippen molar-refractivity contribution in [3.63, 3.8) is 0 Å². The zero-order valence-corrected chi connectivity index (χ0v) is 15.4. The number of hydrogen-bond acceptors (Lipinski definition) is 3. The molecule has 0 atom stereocenters. The summed E-state index contributed by atoms with van der Waals surface area (Å²) < 4.78 is 1.96. The Morgan fingerprint density at radius 2 is 2.04 bits per heavy atom. The summed E-state index contributed by atoms with van der Waals surface area (Å²) in [4.78, 5) is 2.51. The Labute approximate surface area is 152 Å². The Morgan fingerprint density at radius 3 is 2.79 bits per heavy atom. The molecule has 3 heterocycles. The number of rotatable bonds is 3. The molecule has 0 saturated carbocycles. The maximum atomic E-state index is 6.41. The molecule has 128 valence electrons. The summed E-state index contributed by atoms with van der Waals surface area (Å²) in [5, 5.41) is 9.80. The number of piperidine rings is 1. The molecule has 0 radical (unpaired) electrons. The van der Waals surface area contributed by atoms with E-state index in [4.69, 9.17) is 28.3 Å². The molecule has 6 heteroatoms. The third kappa shape index (κ3) is 2.81. The fraction of sp³-hybridized carbons (Fsp3) is 0.500. The summed E-state index contributed by atoms with van der Waals surface area (Å²) in [6.07, 6.45) is 3.40. The summed E-state index contributed by atoms with van der Waals surface area (Å²) >= 11 is 12.6. The lowest BCUT2D eigenvalue weighted by Crippen LogP contribution is -2.33. The predicted molar refractivity (Wildman–Crippen MR) is 99.9 cm³/mol. The highest BCUT2D eigenvalue weighted by Gasteiger charge is 2.30. The van der Waals surface area contributed by atoms with Gasteiger partial charge in [-0.1, -0.05) is 30.1 Å². The van der Waals surface area contributed by atoms with Crippen molar-refractivity contribution in [2.24, 2.45) is 0 Å². The maximum absolute atomic E-state index is 6.41. The highest BCUT2D eigenvalue weighted by atomic mass is 35.5. The van der Waals surface area contributed by atoms with Crippen LogP contribution in [0.1, 0.15) is 36.9 Å². The third-order valence-electron chi connectivity index (χ3n) is 5.24. The van der Waals surface area contributed by atoms with Gasteiger partial charge in [-0.25, -0.2) is 4.68 Å². The van der Waals surface area contributed by atoms with Crippen LogP contribution in [0, 0.1) is 0 Å². The van der Waals surface area contributed by atoms with Gasteiger partial charge >= 0.3 is 0 Å². The van der Waals surface area contributed by atoms with E-state index in [2.05, 4.69) is 17.1 Å². The van der Waals surface area contributed by atoms with Crippen LogP contribution < -0.4 is 5.32 Å². The van der Waals surface area contributed by atoms with Gasteiger partial charge in [0.1, 0.15) is 5.82 Å². The zero-order chi connectivity index (χ0) is 16.7. The molecule has 1 saturated heterocycles. The number of likely N-dealkylation sites (tertiary alicyclic amines) is 1. The van der Waals surface area contributed by atoms with Crippen molar-refractivity contribution in [3.8, 4) is 5.69 Å². The van der Waals surface area contributed by atoms with Crippen LogP contribution in [0.2, 0.25) is 10.0 Å². The van der Waals surface area contributed by atoms with Gasteiger partial charge in [-0.05, 0) is 57.1 Å². The maximum Gasteiger partial charge on any atom is 0.133 e. The number of benzene rings is 1. The Bertz CT molecular complexity index is 748. The number of aromatic nitrogens is 2. The topological polar surface area (TPSA) is 33.1 Å². The highest BCUT2D eigenvalue weighted by Crippen LogP contribution is 2.38. The minimum Gasteiger partial charge on any atom is -0.369 e. The molecule has 0 bridgehead atoms. The first kappa shape index (κ1) is 16.2. The summed E-state index contributed by atoms with van der Waals surface area (Å²) in [6.45, 7) is 6.66. The van der Waals surface area contributed by atoms with Crippen LogP contribution in [0.25, 0.3) is 5.69 Å². The van der Waals surface area contributed by atoms with Gasteiger partial charge in [0.2, 0.25) is 0 Å². The summed E-state index contributed by atoms with van der Waals surface area (Å²) in [7, 11) is 0. The third-order valence-corrected chi connectivity index (χ3v) is 5.79. The molecular formula is C18H22Cl2N4. The number of hydrogen-bond donors (Lipinski definition) is 1. The second kappa shape index (κ2) is 6.58. The monoisotopic (exact) mass is 364 g/mol. The quantitative estimate of drug-likeness (QED) is 0.878. The first-order valence-electron chi connectivity index (χ1n) is 8.70. The minimum absolute atomic E-state index is 0.542. The van der Waals surface area contributed by atoms with Crippen LogP contribution in [0.4, 0.5) is 5.82 Å². The summed E-state index contributed by atoms with van der Waals surface area (Å²) in [5.74, 6) is 1.63. The predicted octanol–water partition coefficient (Wildman–Crippen LogP) is 4.35. The van der Waals surface area contributed by atoms with Crippen molar-refractivity contribution in [1.82, 2.24) is 14.7 Å².